The fourth-order valence-electron chi connectivity index (χ4n) is 0.937. The van der Waals surface area contributed by atoms with Crippen molar-refractivity contribution in [1.82, 2.24) is 0 Å². The Labute approximate surface area is 166 Å². The maximum absolute atomic E-state index is 11.6. The fourth-order valence-corrected chi connectivity index (χ4v) is 1.40. The number of amides is 1. The molecule has 1 aromatic carbocycles. The van der Waals surface area contributed by atoms with Crippen molar-refractivity contribution in [3.63, 3.8) is 0 Å². The number of nitriles is 1. The van der Waals surface area contributed by atoms with Crippen molar-refractivity contribution >= 4 is 48.5 Å². The van der Waals surface area contributed by atoms with Crippen LogP contribution in [0.1, 0.15) is 0 Å². The molecule has 0 saturated heterocycles. The second kappa shape index (κ2) is 10.4. The van der Waals surface area contributed by atoms with Gasteiger partial charge >= 0.3 is 59.1 Å². The molecule has 0 radical (unpaired) electrons. The summed E-state index contributed by atoms with van der Waals surface area (Å²) < 4.78 is -0.160. The van der Waals surface area contributed by atoms with Crippen LogP contribution in [0.4, 0.5) is 5.69 Å². The molecule has 0 bridgehead atoms. The van der Waals surface area contributed by atoms with Crippen LogP contribution < -0.4 is 64.4 Å². The van der Waals surface area contributed by atoms with E-state index in [0.29, 0.717) is 10.7 Å². The molecule has 0 aliphatic carbocycles. The Morgan fingerprint density at radius 3 is 2.28 bits per heavy atom. The number of carbonyl (C=O) groups excluding carboxylic acids is 1. The molecule has 0 saturated carbocycles. The molecule has 0 atom stereocenters. The first-order valence-electron chi connectivity index (χ1n) is 4.10. The first kappa shape index (κ1) is 21.0. The van der Waals surface area contributed by atoms with E-state index in [9.17, 15) is 4.79 Å². The van der Waals surface area contributed by atoms with E-state index in [1.807, 2.05) is 0 Å². The van der Waals surface area contributed by atoms with Crippen molar-refractivity contribution in [2.75, 3.05) is 5.32 Å². The van der Waals surface area contributed by atoms with Crippen LogP contribution in [0.25, 0.3) is 0 Å². The Balaban J connectivity index is 0. The second-order valence-corrected chi connectivity index (χ2v) is 4.19. The van der Waals surface area contributed by atoms with Gasteiger partial charge in [-0.05, 0) is 12.1 Å². The van der Waals surface area contributed by atoms with Crippen LogP contribution >= 0.6 is 11.6 Å². The van der Waals surface area contributed by atoms with Gasteiger partial charge in [0.2, 0.25) is 0 Å². The van der Waals surface area contributed by atoms with E-state index in [1.165, 1.54) is 0 Å². The molecule has 1 rings (SSSR count). The van der Waals surface area contributed by atoms with Gasteiger partial charge in [-0.15, -0.1) is 0 Å². The van der Waals surface area contributed by atoms with Gasteiger partial charge in [0.15, 0.2) is 0 Å². The maximum Gasteiger partial charge on any atom is 1.00 e. The Morgan fingerprint density at radius 1 is 1.28 bits per heavy atom. The molecule has 0 fully saturated rings. The molecular weight excluding hydrogens is 310 g/mol. The zero-order chi connectivity index (χ0) is 12.1. The summed E-state index contributed by atoms with van der Waals surface area (Å²) >= 11 is 15.0. The molecule has 0 heterocycles. The van der Waals surface area contributed by atoms with E-state index < -0.39 is 5.91 Å². The Kier molecular flexibility index (Phi) is 12.2. The SMILES string of the molecule is N#CC(C(=O)Nc1ccccc1Cl)=C([S-])[S-].[Na+].[Na+]. The van der Waals surface area contributed by atoms with Crippen molar-refractivity contribution in [1.29, 1.82) is 5.26 Å². The smallest absolute Gasteiger partial charge is 0.806 e. The van der Waals surface area contributed by atoms with Crippen molar-refractivity contribution in [3.05, 3.63) is 39.1 Å². The molecule has 1 amide bonds. The number of nitrogens with one attached hydrogen (secondary N) is 1. The summed E-state index contributed by atoms with van der Waals surface area (Å²) in [4.78, 5) is 11.6. The van der Waals surface area contributed by atoms with E-state index in [0.717, 1.165) is 0 Å². The second-order valence-electron chi connectivity index (χ2n) is 2.71. The summed E-state index contributed by atoms with van der Waals surface area (Å²) in [6.07, 6.45) is 0. The molecule has 0 unspecified atom stereocenters. The normalized spacial score (nSPS) is 8.00. The van der Waals surface area contributed by atoms with Gasteiger partial charge < -0.3 is 34.8 Å². The summed E-state index contributed by atoms with van der Waals surface area (Å²) in [7, 11) is 0. The fraction of sp³-hybridized carbons (Fsp3) is 0. The quantitative estimate of drug-likeness (QED) is 0.263. The first-order chi connectivity index (χ1) is 7.56. The van der Waals surface area contributed by atoms with Gasteiger partial charge in [0, 0.05) is 0 Å². The molecule has 82 valence electrons. The molecule has 0 spiro atoms. The van der Waals surface area contributed by atoms with Crippen LogP contribution in [0, 0.1) is 11.3 Å². The summed E-state index contributed by atoms with van der Waals surface area (Å²) in [5, 5.41) is 11.5. The third-order valence-corrected chi connectivity index (χ3v) is 2.40. The number of anilines is 1. The minimum atomic E-state index is -0.643. The van der Waals surface area contributed by atoms with Crippen LogP contribution in [-0.2, 0) is 30.1 Å². The Hall–Kier alpha value is 0.650. The van der Waals surface area contributed by atoms with Gasteiger partial charge in [0.1, 0.15) is 6.07 Å². The van der Waals surface area contributed by atoms with Crippen LogP contribution in [0.5, 0.6) is 0 Å². The molecule has 0 aliphatic rings. The van der Waals surface area contributed by atoms with Gasteiger partial charge in [-0.25, -0.2) is 0 Å². The molecule has 0 aliphatic heterocycles. The molecule has 18 heavy (non-hydrogen) atoms. The predicted octanol–water partition coefficient (Wildman–Crippen LogP) is -3.88. The Bertz CT molecular complexity index is 499. The van der Waals surface area contributed by atoms with Crippen LogP contribution in [-0.4, -0.2) is 5.91 Å². The topological polar surface area (TPSA) is 52.9 Å². The summed E-state index contributed by atoms with van der Waals surface area (Å²) in [5.41, 5.74) is 0.151. The zero-order valence-electron chi connectivity index (χ0n) is 9.86. The third kappa shape index (κ3) is 6.20. The predicted molar refractivity (Wildman–Crippen MR) is 67.5 cm³/mol. The molecule has 3 nitrogen and oxygen atoms in total. The van der Waals surface area contributed by atoms with Crippen LogP contribution in [0.15, 0.2) is 34.1 Å². The number of benzene rings is 1. The van der Waals surface area contributed by atoms with Crippen LogP contribution in [0.2, 0.25) is 5.02 Å². The zero-order valence-corrected chi connectivity index (χ0v) is 16.2. The van der Waals surface area contributed by atoms with Crippen LogP contribution in [0.3, 0.4) is 0 Å². The van der Waals surface area contributed by atoms with Crippen molar-refractivity contribution < 1.29 is 63.9 Å². The number of carbonyl (C=O) groups is 1. The van der Waals surface area contributed by atoms with Crippen molar-refractivity contribution in [3.8, 4) is 6.07 Å². The summed E-state index contributed by atoms with van der Waals surface area (Å²) in [6, 6.07) is 8.32. The molecule has 1 N–H and O–H groups in total. The number of para-hydroxylation sites is 1. The van der Waals surface area contributed by atoms with E-state index in [2.05, 4.69) is 30.6 Å². The summed E-state index contributed by atoms with van der Waals surface area (Å²) in [6.45, 7) is 0. The largest absolute Gasteiger partial charge is 1.00 e. The molecular formula is C10H5ClN2Na2OS2. The minimum Gasteiger partial charge on any atom is -0.806 e. The van der Waals surface area contributed by atoms with E-state index in [1.54, 1.807) is 30.3 Å². The van der Waals surface area contributed by atoms with Crippen molar-refractivity contribution in [2.24, 2.45) is 0 Å². The van der Waals surface area contributed by atoms with Gasteiger partial charge in [0.25, 0.3) is 5.91 Å². The monoisotopic (exact) mass is 314 g/mol. The number of nitrogens with zero attached hydrogens (tertiary/aromatic N) is 1. The average Bonchev–Trinajstić information content (AvgIpc) is 2.22. The third-order valence-electron chi connectivity index (χ3n) is 1.67. The van der Waals surface area contributed by atoms with E-state index >= 15 is 0 Å². The van der Waals surface area contributed by atoms with Gasteiger partial charge in [-0.3, -0.25) is 4.79 Å². The minimum absolute atomic E-state index is 0. The van der Waals surface area contributed by atoms with E-state index in [4.69, 9.17) is 16.9 Å². The van der Waals surface area contributed by atoms with Gasteiger partial charge in [-0.2, -0.15) is 5.26 Å². The van der Waals surface area contributed by atoms with Gasteiger partial charge in [-0.1, -0.05) is 23.7 Å². The van der Waals surface area contributed by atoms with E-state index in [-0.39, 0.29) is 68.9 Å². The number of hydrogen-bond acceptors (Lipinski definition) is 4. The van der Waals surface area contributed by atoms with Crippen molar-refractivity contribution in [2.45, 2.75) is 0 Å². The average molecular weight is 315 g/mol. The Morgan fingerprint density at radius 2 is 1.83 bits per heavy atom. The van der Waals surface area contributed by atoms with Gasteiger partial charge in [0.05, 0.1) is 16.3 Å². The standard InChI is InChI=1S/C10H7ClN2OS2.2Na/c11-7-3-1-2-4-8(7)13-9(14)6(5-12)10(15)16;;/h1-4,15-16H,(H,13,14);;/q;2*+1/p-2. The maximum atomic E-state index is 11.6. The number of rotatable bonds is 2. The first-order valence-corrected chi connectivity index (χ1v) is 5.30. The molecule has 0 aromatic heterocycles. The number of hydrogen-bond donors (Lipinski definition) is 1. The molecule has 8 heteroatoms. The molecule has 1 aromatic rings. The number of halogens is 1. The summed E-state index contributed by atoms with van der Waals surface area (Å²) in [5.74, 6) is -0.643.